The normalized spacial score (nSPS) is 18.4. The van der Waals surface area contributed by atoms with Crippen molar-refractivity contribution in [3.8, 4) is 0 Å². The molecule has 0 saturated heterocycles. The standard InChI is InChI=1S/C12H22N2/c1-11(2,3)9-7-8-13-14-10(9)12(4,5)6/h8,14H,7H2,1-6H3. The second kappa shape index (κ2) is 3.41. The van der Waals surface area contributed by atoms with Crippen LogP contribution < -0.4 is 5.43 Å². The molecule has 1 aliphatic rings. The van der Waals surface area contributed by atoms with Crippen LogP contribution in [0.2, 0.25) is 0 Å². The largest absolute Gasteiger partial charge is 0.282 e. The minimum Gasteiger partial charge on any atom is -0.282 e. The third-order valence-corrected chi connectivity index (χ3v) is 2.52. The molecule has 0 unspecified atom stereocenters. The van der Waals surface area contributed by atoms with Crippen molar-refractivity contribution in [2.24, 2.45) is 15.9 Å². The van der Waals surface area contributed by atoms with Crippen LogP contribution in [0.15, 0.2) is 16.4 Å². The highest BCUT2D eigenvalue weighted by Gasteiger charge is 2.28. The van der Waals surface area contributed by atoms with Crippen molar-refractivity contribution in [3.05, 3.63) is 11.3 Å². The van der Waals surface area contributed by atoms with Gasteiger partial charge in [-0.05, 0) is 11.0 Å². The Morgan fingerprint density at radius 2 is 1.64 bits per heavy atom. The van der Waals surface area contributed by atoms with E-state index in [9.17, 15) is 0 Å². The molecular weight excluding hydrogens is 172 g/mol. The SMILES string of the molecule is CC(C)(C)C1=C(C(C)(C)C)NN=CC1. The lowest BCUT2D eigenvalue weighted by Gasteiger charge is -2.34. The smallest absolute Gasteiger partial charge is 0.0390 e. The Bertz CT molecular complexity index is 244. The molecule has 1 aliphatic heterocycles. The third-order valence-electron chi connectivity index (χ3n) is 2.52. The summed E-state index contributed by atoms with van der Waals surface area (Å²) in [7, 11) is 0. The summed E-state index contributed by atoms with van der Waals surface area (Å²) >= 11 is 0. The fourth-order valence-corrected chi connectivity index (χ4v) is 1.72. The number of hydrogen-bond acceptors (Lipinski definition) is 2. The molecule has 0 spiro atoms. The van der Waals surface area contributed by atoms with E-state index in [1.165, 1.54) is 11.3 Å². The third kappa shape index (κ3) is 2.37. The van der Waals surface area contributed by atoms with E-state index in [-0.39, 0.29) is 10.8 Å². The van der Waals surface area contributed by atoms with Crippen molar-refractivity contribution in [1.29, 1.82) is 0 Å². The van der Waals surface area contributed by atoms with E-state index in [1.807, 2.05) is 6.21 Å². The average molecular weight is 194 g/mol. The van der Waals surface area contributed by atoms with Crippen molar-refractivity contribution in [3.63, 3.8) is 0 Å². The molecule has 0 saturated carbocycles. The fraction of sp³-hybridized carbons (Fsp3) is 0.750. The molecule has 1 N–H and O–H groups in total. The van der Waals surface area contributed by atoms with Crippen LogP contribution in [0.1, 0.15) is 48.0 Å². The summed E-state index contributed by atoms with van der Waals surface area (Å²) in [4.78, 5) is 0. The average Bonchev–Trinajstić information content (AvgIpc) is 2.01. The number of nitrogens with one attached hydrogen (secondary N) is 1. The molecule has 0 amide bonds. The molecule has 14 heavy (non-hydrogen) atoms. The summed E-state index contributed by atoms with van der Waals surface area (Å²) < 4.78 is 0. The Morgan fingerprint density at radius 3 is 2.00 bits per heavy atom. The van der Waals surface area contributed by atoms with Crippen LogP contribution in [-0.2, 0) is 0 Å². The Balaban J connectivity index is 3.12. The molecule has 80 valence electrons. The summed E-state index contributed by atoms with van der Waals surface area (Å²) in [6.07, 6.45) is 2.93. The maximum Gasteiger partial charge on any atom is 0.0390 e. The Kier molecular flexibility index (Phi) is 2.75. The van der Waals surface area contributed by atoms with Crippen LogP contribution in [0.4, 0.5) is 0 Å². The first kappa shape index (κ1) is 11.3. The maximum absolute atomic E-state index is 4.16. The first-order chi connectivity index (χ1) is 6.23. The lowest BCUT2D eigenvalue weighted by molar-refractivity contribution is 0.408. The molecule has 1 rings (SSSR count). The molecule has 0 aromatic rings. The predicted molar refractivity (Wildman–Crippen MR) is 62.2 cm³/mol. The zero-order chi connectivity index (χ0) is 11.0. The van der Waals surface area contributed by atoms with Gasteiger partial charge in [-0.2, -0.15) is 5.10 Å². The Morgan fingerprint density at radius 1 is 1.07 bits per heavy atom. The van der Waals surface area contributed by atoms with Gasteiger partial charge in [-0.25, -0.2) is 0 Å². The molecule has 0 aliphatic carbocycles. The van der Waals surface area contributed by atoms with Gasteiger partial charge in [-0.1, -0.05) is 41.5 Å². The van der Waals surface area contributed by atoms with Gasteiger partial charge in [0.15, 0.2) is 0 Å². The zero-order valence-corrected chi connectivity index (χ0v) is 10.2. The van der Waals surface area contributed by atoms with Gasteiger partial charge in [-0.3, -0.25) is 5.43 Å². The van der Waals surface area contributed by atoms with Crippen LogP contribution in [0, 0.1) is 10.8 Å². The van der Waals surface area contributed by atoms with Crippen molar-refractivity contribution < 1.29 is 0 Å². The van der Waals surface area contributed by atoms with Crippen molar-refractivity contribution >= 4 is 6.21 Å². The fourth-order valence-electron chi connectivity index (χ4n) is 1.72. The van der Waals surface area contributed by atoms with Gasteiger partial charge in [0, 0.05) is 23.7 Å². The van der Waals surface area contributed by atoms with Crippen molar-refractivity contribution in [1.82, 2.24) is 5.43 Å². The van der Waals surface area contributed by atoms with Gasteiger partial charge in [0.2, 0.25) is 0 Å². The lowest BCUT2D eigenvalue weighted by atomic mass is 9.77. The number of hydrazone groups is 1. The van der Waals surface area contributed by atoms with Gasteiger partial charge >= 0.3 is 0 Å². The Labute approximate surface area is 87.5 Å². The second-order valence-electron chi connectivity index (χ2n) is 5.98. The van der Waals surface area contributed by atoms with Crippen molar-refractivity contribution in [2.75, 3.05) is 0 Å². The molecule has 0 bridgehead atoms. The van der Waals surface area contributed by atoms with E-state index in [0.29, 0.717) is 0 Å². The highest BCUT2D eigenvalue weighted by molar-refractivity contribution is 5.63. The first-order valence-electron chi connectivity index (χ1n) is 5.24. The van der Waals surface area contributed by atoms with Gasteiger partial charge < -0.3 is 0 Å². The van der Waals surface area contributed by atoms with E-state index < -0.39 is 0 Å². The summed E-state index contributed by atoms with van der Waals surface area (Å²) in [6.45, 7) is 13.4. The van der Waals surface area contributed by atoms with Crippen LogP contribution in [-0.4, -0.2) is 6.21 Å². The van der Waals surface area contributed by atoms with E-state index in [0.717, 1.165) is 6.42 Å². The molecule has 1 heterocycles. The maximum atomic E-state index is 4.16. The van der Waals surface area contributed by atoms with E-state index in [2.05, 4.69) is 52.1 Å². The summed E-state index contributed by atoms with van der Waals surface area (Å²) in [5.74, 6) is 0. The highest BCUT2D eigenvalue weighted by Crippen LogP contribution is 2.37. The minimum absolute atomic E-state index is 0.153. The molecule has 0 atom stereocenters. The summed E-state index contributed by atoms with van der Waals surface area (Å²) in [5.41, 5.74) is 6.30. The van der Waals surface area contributed by atoms with Gasteiger partial charge in [-0.15, -0.1) is 0 Å². The molecular formula is C12H22N2. The van der Waals surface area contributed by atoms with Crippen molar-refractivity contribution in [2.45, 2.75) is 48.0 Å². The zero-order valence-electron chi connectivity index (χ0n) is 10.2. The van der Waals surface area contributed by atoms with E-state index >= 15 is 0 Å². The van der Waals surface area contributed by atoms with E-state index in [1.54, 1.807) is 0 Å². The topological polar surface area (TPSA) is 24.4 Å². The van der Waals surface area contributed by atoms with Crippen LogP contribution in [0.25, 0.3) is 0 Å². The summed E-state index contributed by atoms with van der Waals surface area (Å²) in [5, 5.41) is 4.16. The van der Waals surface area contributed by atoms with Gasteiger partial charge in [0.1, 0.15) is 0 Å². The second-order valence-corrected chi connectivity index (χ2v) is 5.98. The van der Waals surface area contributed by atoms with Gasteiger partial charge in [0.05, 0.1) is 0 Å². The number of nitrogens with zero attached hydrogens (tertiary/aromatic N) is 1. The number of hydrogen-bond donors (Lipinski definition) is 1. The molecule has 0 radical (unpaired) electrons. The lowest BCUT2D eigenvalue weighted by Crippen LogP contribution is -2.29. The summed E-state index contributed by atoms with van der Waals surface area (Å²) in [6, 6.07) is 0. The van der Waals surface area contributed by atoms with Crippen LogP contribution >= 0.6 is 0 Å². The quantitative estimate of drug-likeness (QED) is 0.628. The number of rotatable bonds is 0. The monoisotopic (exact) mass is 194 g/mol. The number of allylic oxidation sites excluding steroid dienone is 2. The molecule has 2 nitrogen and oxygen atoms in total. The molecule has 0 aromatic carbocycles. The predicted octanol–water partition coefficient (Wildman–Crippen LogP) is 3.31. The van der Waals surface area contributed by atoms with Crippen LogP contribution in [0.3, 0.4) is 0 Å². The Hall–Kier alpha value is -0.790. The first-order valence-corrected chi connectivity index (χ1v) is 5.24. The molecule has 0 fully saturated rings. The minimum atomic E-state index is 0.153. The van der Waals surface area contributed by atoms with E-state index in [4.69, 9.17) is 0 Å². The molecule has 2 heteroatoms. The molecule has 0 aromatic heterocycles. The van der Waals surface area contributed by atoms with Gasteiger partial charge in [0.25, 0.3) is 0 Å². The van der Waals surface area contributed by atoms with Crippen LogP contribution in [0.5, 0.6) is 0 Å². The highest BCUT2D eigenvalue weighted by atomic mass is 15.3.